The second-order valence-corrected chi connectivity index (χ2v) is 9.61. The summed E-state index contributed by atoms with van der Waals surface area (Å²) in [6.07, 6.45) is 7.43. The van der Waals surface area contributed by atoms with Gasteiger partial charge in [0.25, 0.3) is 0 Å². The van der Waals surface area contributed by atoms with E-state index in [2.05, 4.69) is 39.5 Å². The first-order chi connectivity index (χ1) is 18.6. The Morgan fingerprint density at radius 3 is 2.53 bits per heavy atom. The highest BCUT2D eigenvalue weighted by Gasteiger charge is 2.21. The Hall–Kier alpha value is -3.94. The summed E-state index contributed by atoms with van der Waals surface area (Å²) in [5.74, 6) is 0.552. The van der Waals surface area contributed by atoms with Crippen molar-refractivity contribution in [1.29, 1.82) is 0 Å². The first-order valence-corrected chi connectivity index (χ1v) is 13.0. The molecule has 1 fully saturated rings. The summed E-state index contributed by atoms with van der Waals surface area (Å²) in [6, 6.07) is 21.3. The number of anilines is 1. The summed E-state index contributed by atoms with van der Waals surface area (Å²) in [6.45, 7) is 3.31. The zero-order chi connectivity index (χ0) is 26.3. The highest BCUT2D eigenvalue weighted by molar-refractivity contribution is 6.30. The van der Waals surface area contributed by atoms with Gasteiger partial charge in [-0.05, 0) is 53.6 Å². The van der Waals surface area contributed by atoms with Crippen molar-refractivity contribution in [3.8, 4) is 11.3 Å². The van der Waals surface area contributed by atoms with E-state index in [1.54, 1.807) is 24.4 Å². The summed E-state index contributed by atoms with van der Waals surface area (Å²) < 4.78 is 7.51. The van der Waals surface area contributed by atoms with Gasteiger partial charge in [-0.15, -0.1) is 0 Å². The maximum Gasteiger partial charge on any atom is 0.244 e. The number of carbonyl (C=O) groups excluding carboxylic acids is 1. The number of benzene rings is 2. The molecule has 1 N–H and O–H groups in total. The van der Waals surface area contributed by atoms with Gasteiger partial charge in [0, 0.05) is 55.2 Å². The molecule has 1 unspecified atom stereocenters. The number of nitrogens with zero attached hydrogens (tertiary/aromatic N) is 4. The number of aromatic nitrogens is 3. The van der Waals surface area contributed by atoms with Gasteiger partial charge in [0.05, 0.1) is 31.1 Å². The zero-order valence-corrected chi connectivity index (χ0v) is 22.0. The summed E-state index contributed by atoms with van der Waals surface area (Å²) in [5.41, 5.74) is 5.00. The van der Waals surface area contributed by atoms with Crippen LogP contribution >= 0.6 is 11.6 Å². The lowest BCUT2D eigenvalue weighted by Gasteiger charge is -2.28. The second-order valence-electron chi connectivity index (χ2n) is 9.18. The Labute approximate surface area is 227 Å². The molecule has 194 valence electrons. The van der Waals surface area contributed by atoms with Crippen LogP contribution < -0.4 is 10.2 Å². The van der Waals surface area contributed by atoms with E-state index in [-0.39, 0.29) is 11.9 Å². The molecule has 1 aliphatic heterocycles. The topological polar surface area (TPSA) is 72.3 Å². The number of hydrogen-bond donors (Lipinski definition) is 1. The number of imidazole rings is 1. The number of ether oxygens (including phenoxy) is 1. The fourth-order valence-corrected chi connectivity index (χ4v) is 4.71. The Kier molecular flexibility index (Phi) is 8.16. The summed E-state index contributed by atoms with van der Waals surface area (Å²) in [7, 11) is 1.98. The van der Waals surface area contributed by atoms with Gasteiger partial charge in [-0.25, -0.2) is 4.98 Å². The molecular formula is C30H30ClN5O2. The Morgan fingerprint density at radius 2 is 1.82 bits per heavy atom. The molecule has 38 heavy (non-hydrogen) atoms. The molecule has 0 spiro atoms. The summed E-state index contributed by atoms with van der Waals surface area (Å²) >= 11 is 5.97. The van der Waals surface area contributed by atoms with Gasteiger partial charge >= 0.3 is 0 Å². The minimum atomic E-state index is -0.362. The van der Waals surface area contributed by atoms with Gasteiger partial charge in [0.2, 0.25) is 5.91 Å². The van der Waals surface area contributed by atoms with Gasteiger partial charge in [0.15, 0.2) is 0 Å². The first-order valence-electron chi connectivity index (χ1n) is 12.7. The van der Waals surface area contributed by atoms with E-state index in [9.17, 15) is 4.79 Å². The number of halogens is 1. The van der Waals surface area contributed by atoms with Crippen LogP contribution in [-0.4, -0.2) is 46.7 Å². The fourth-order valence-electron chi connectivity index (χ4n) is 4.58. The van der Waals surface area contributed by atoms with Crippen LogP contribution in [0.3, 0.4) is 0 Å². The van der Waals surface area contributed by atoms with Crippen molar-refractivity contribution in [2.24, 2.45) is 7.05 Å². The van der Waals surface area contributed by atoms with Crippen LogP contribution in [0.1, 0.15) is 23.1 Å². The lowest BCUT2D eigenvalue weighted by Crippen LogP contribution is -2.36. The van der Waals surface area contributed by atoms with Crippen LogP contribution in [0.5, 0.6) is 0 Å². The van der Waals surface area contributed by atoms with Crippen LogP contribution in [0.4, 0.5) is 5.69 Å². The van der Waals surface area contributed by atoms with E-state index in [0.717, 1.165) is 54.6 Å². The number of nitrogens with one attached hydrogen (secondary N) is 1. The molecule has 7 nitrogen and oxygen atoms in total. The van der Waals surface area contributed by atoms with Crippen LogP contribution in [0.15, 0.2) is 85.2 Å². The molecule has 1 amide bonds. The van der Waals surface area contributed by atoms with Crippen molar-refractivity contribution in [2.75, 3.05) is 31.2 Å². The molecule has 0 aliphatic carbocycles. The molecule has 3 heterocycles. The predicted octanol–water partition coefficient (Wildman–Crippen LogP) is 5.09. The highest BCUT2D eigenvalue weighted by Crippen LogP contribution is 2.27. The molecule has 5 rings (SSSR count). The van der Waals surface area contributed by atoms with Crippen molar-refractivity contribution in [3.63, 3.8) is 0 Å². The third-order valence-electron chi connectivity index (χ3n) is 6.63. The molecule has 0 saturated carbocycles. The summed E-state index contributed by atoms with van der Waals surface area (Å²) in [5, 5.41) is 3.78. The molecule has 1 saturated heterocycles. The van der Waals surface area contributed by atoms with Gasteiger partial charge in [-0.3, -0.25) is 9.78 Å². The average Bonchev–Trinajstić information content (AvgIpc) is 3.34. The van der Waals surface area contributed by atoms with E-state index in [0.29, 0.717) is 11.4 Å². The van der Waals surface area contributed by atoms with Crippen molar-refractivity contribution >= 4 is 29.3 Å². The maximum absolute atomic E-state index is 12.9. The van der Waals surface area contributed by atoms with Gasteiger partial charge in [-0.2, -0.15) is 0 Å². The second kappa shape index (κ2) is 12.1. The Morgan fingerprint density at radius 1 is 1.05 bits per heavy atom. The fraction of sp³-hybridized carbons (Fsp3) is 0.233. The smallest absolute Gasteiger partial charge is 0.244 e. The number of rotatable bonds is 8. The molecule has 2 aromatic heterocycles. The molecule has 0 radical (unpaired) electrons. The van der Waals surface area contributed by atoms with Crippen LogP contribution in [0, 0.1) is 0 Å². The van der Waals surface area contributed by atoms with Gasteiger partial charge in [-0.1, -0.05) is 41.9 Å². The van der Waals surface area contributed by atoms with E-state index in [1.165, 1.54) is 11.8 Å². The van der Waals surface area contributed by atoms with Crippen LogP contribution in [0.2, 0.25) is 5.02 Å². The monoisotopic (exact) mass is 527 g/mol. The van der Waals surface area contributed by atoms with Crippen molar-refractivity contribution in [2.45, 2.75) is 12.5 Å². The summed E-state index contributed by atoms with van der Waals surface area (Å²) in [4.78, 5) is 24.5. The van der Waals surface area contributed by atoms with Crippen molar-refractivity contribution in [3.05, 3.63) is 107 Å². The minimum Gasteiger partial charge on any atom is -0.378 e. The highest BCUT2D eigenvalue weighted by atomic mass is 35.5. The van der Waals surface area contributed by atoms with Crippen molar-refractivity contribution < 1.29 is 9.53 Å². The molecule has 1 atom stereocenters. The average molecular weight is 528 g/mol. The standard InChI is InChI=1S/C30H30ClN5O2/c1-35-28(23-8-12-26(13-9-23)36-16-18-38-19-17-36)21-33-30(35)27(20-25-4-2-3-15-32-25)34-29(37)14-7-22-5-10-24(31)11-6-22/h2-15,21,27H,16-20H2,1H3,(H,34,37)/b14-7+. The third kappa shape index (κ3) is 6.30. The van der Waals surface area contributed by atoms with Crippen molar-refractivity contribution in [1.82, 2.24) is 19.9 Å². The molecule has 1 aliphatic rings. The number of morpholine rings is 1. The van der Waals surface area contributed by atoms with Gasteiger partial charge in [0.1, 0.15) is 5.82 Å². The number of hydrogen-bond acceptors (Lipinski definition) is 5. The molecule has 0 bridgehead atoms. The first kappa shape index (κ1) is 25.7. The minimum absolute atomic E-state index is 0.208. The zero-order valence-electron chi connectivity index (χ0n) is 21.3. The maximum atomic E-state index is 12.9. The Bertz CT molecular complexity index is 1380. The quantitative estimate of drug-likeness (QED) is 0.323. The number of carbonyl (C=O) groups is 1. The lowest BCUT2D eigenvalue weighted by atomic mass is 10.1. The van der Waals surface area contributed by atoms with E-state index in [1.807, 2.05) is 48.1 Å². The molecule has 4 aromatic rings. The SMILES string of the molecule is Cn1c(-c2ccc(N3CCOCC3)cc2)cnc1C(Cc1ccccn1)NC(=O)/C=C/c1ccc(Cl)cc1. The largest absolute Gasteiger partial charge is 0.378 e. The van der Waals surface area contributed by atoms with Crippen LogP contribution in [-0.2, 0) is 23.0 Å². The van der Waals surface area contributed by atoms with E-state index >= 15 is 0 Å². The Balaban J connectivity index is 1.36. The normalized spacial score (nSPS) is 14.5. The predicted molar refractivity (Wildman–Crippen MR) is 151 cm³/mol. The van der Waals surface area contributed by atoms with E-state index in [4.69, 9.17) is 21.3 Å². The lowest BCUT2D eigenvalue weighted by molar-refractivity contribution is -0.117. The number of amides is 1. The van der Waals surface area contributed by atoms with Crippen LogP contribution in [0.25, 0.3) is 17.3 Å². The van der Waals surface area contributed by atoms with Gasteiger partial charge < -0.3 is 19.5 Å². The molecular weight excluding hydrogens is 498 g/mol. The third-order valence-corrected chi connectivity index (χ3v) is 6.88. The van der Waals surface area contributed by atoms with E-state index < -0.39 is 0 Å². The molecule has 8 heteroatoms. The number of pyridine rings is 1. The molecule has 2 aromatic carbocycles.